The molecule has 0 saturated heterocycles. The highest BCUT2D eigenvalue weighted by Gasteiger charge is 2.15. The third kappa shape index (κ3) is 5.06. The molecule has 0 radical (unpaired) electrons. The summed E-state index contributed by atoms with van der Waals surface area (Å²) in [4.78, 5) is 10.4. The topological polar surface area (TPSA) is 30.7 Å². The van der Waals surface area contributed by atoms with Crippen LogP contribution >= 0.6 is 0 Å². The minimum absolute atomic E-state index is 0.720. The molecule has 10 rings (SSSR count). The van der Waals surface area contributed by atoms with Gasteiger partial charge in [-0.25, -0.2) is 9.97 Å². The van der Waals surface area contributed by atoms with Crippen LogP contribution in [0.25, 0.3) is 94.1 Å². The van der Waals surface area contributed by atoms with Gasteiger partial charge in [-0.15, -0.1) is 0 Å². The Bertz CT molecular complexity index is 2840. The summed E-state index contributed by atoms with van der Waals surface area (Å²) in [7, 11) is 0. The Labute approximate surface area is 295 Å². The summed E-state index contributed by atoms with van der Waals surface area (Å²) in [5.41, 5.74) is 10.8. The van der Waals surface area contributed by atoms with Crippen LogP contribution in [0, 0.1) is 0 Å². The van der Waals surface area contributed by atoms with Crippen LogP contribution in [0.1, 0.15) is 0 Å². The van der Waals surface area contributed by atoms with Gasteiger partial charge >= 0.3 is 0 Å². The number of aromatic nitrogens is 3. The van der Waals surface area contributed by atoms with E-state index in [1.54, 1.807) is 0 Å². The second-order valence-corrected chi connectivity index (χ2v) is 13.0. The highest BCUT2D eigenvalue weighted by Crippen LogP contribution is 2.35. The lowest BCUT2D eigenvalue weighted by molar-refractivity contribution is 1.18. The molecule has 0 N–H and O–H groups in total. The van der Waals surface area contributed by atoms with Gasteiger partial charge in [0.15, 0.2) is 5.82 Å². The van der Waals surface area contributed by atoms with Crippen LogP contribution in [0.4, 0.5) is 0 Å². The summed E-state index contributed by atoms with van der Waals surface area (Å²) >= 11 is 0. The lowest BCUT2D eigenvalue weighted by Gasteiger charge is -2.12. The molecule has 3 heteroatoms. The van der Waals surface area contributed by atoms with Crippen LogP contribution < -0.4 is 0 Å². The Hall–Kier alpha value is -6.84. The van der Waals surface area contributed by atoms with E-state index in [-0.39, 0.29) is 0 Å². The number of fused-ring (bicyclic) bond motifs is 5. The Balaban J connectivity index is 1.04. The van der Waals surface area contributed by atoms with Gasteiger partial charge in [-0.2, -0.15) is 0 Å². The van der Waals surface area contributed by atoms with E-state index in [2.05, 4.69) is 193 Å². The lowest BCUT2D eigenvalue weighted by atomic mass is 10.00. The van der Waals surface area contributed by atoms with E-state index >= 15 is 0 Å². The summed E-state index contributed by atoms with van der Waals surface area (Å²) in [6.45, 7) is 0. The van der Waals surface area contributed by atoms with Gasteiger partial charge in [0.1, 0.15) is 0 Å². The Kier molecular flexibility index (Phi) is 6.81. The quantitative estimate of drug-likeness (QED) is 0.186. The largest absolute Gasteiger partial charge is 0.309 e. The molecule has 0 saturated carbocycles. The lowest BCUT2D eigenvalue weighted by Crippen LogP contribution is -1.97. The van der Waals surface area contributed by atoms with Gasteiger partial charge in [0, 0.05) is 33.2 Å². The molecule has 2 heterocycles. The maximum Gasteiger partial charge on any atom is 0.161 e. The molecule has 0 bridgehead atoms. The zero-order valence-corrected chi connectivity index (χ0v) is 27.7. The Morgan fingerprint density at radius 3 is 1.55 bits per heavy atom. The predicted octanol–water partition coefficient (Wildman–Crippen LogP) is 12.5. The van der Waals surface area contributed by atoms with Crippen molar-refractivity contribution in [2.24, 2.45) is 0 Å². The van der Waals surface area contributed by atoms with Crippen molar-refractivity contribution in [2.45, 2.75) is 0 Å². The van der Waals surface area contributed by atoms with Crippen LogP contribution in [0.5, 0.6) is 0 Å². The van der Waals surface area contributed by atoms with E-state index in [0.717, 1.165) is 50.5 Å². The Morgan fingerprint density at radius 1 is 0.333 bits per heavy atom. The second-order valence-electron chi connectivity index (χ2n) is 13.0. The standard InChI is InChI=1S/C48H31N3/c1-2-12-37-30-38(25-22-32(37)10-1)45-31-44(49-48(50-45)43-17-9-13-35-11-3-4-14-40(35)43)36-23-20-33(21-24-36)34-26-28-39(29-27-34)51-46-18-7-5-15-41(46)42-16-6-8-19-47(42)51/h1-31H. The molecular weight excluding hydrogens is 619 g/mol. The highest BCUT2D eigenvalue weighted by molar-refractivity contribution is 6.09. The van der Waals surface area contributed by atoms with E-state index in [1.807, 2.05) is 0 Å². The fraction of sp³-hybridized carbons (Fsp3) is 0. The van der Waals surface area contributed by atoms with E-state index in [4.69, 9.17) is 9.97 Å². The summed E-state index contributed by atoms with van der Waals surface area (Å²) in [5, 5.41) is 7.25. The van der Waals surface area contributed by atoms with Crippen molar-refractivity contribution in [2.75, 3.05) is 0 Å². The van der Waals surface area contributed by atoms with Crippen molar-refractivity contribution in [3.63, 3.8) is 0 Å². The molecule has 3 nitrogen and oxygen atoms in total. The number of hydrogen-bond donors (Lipinski definition) is 0. The number of hydrogen-bond acceptors (Lipinski definition) is 2. The molecule has 0 atom stereocenters. The van der Waals surface area contributed by atoms with Gasteiger partial charge < -0.3 is 4.57 Å². The highest BCUT2D eigenvalue weighted by atomic mass is 15.0. The molecule has 238 valence electrons. The molecule has 0 amide bonds. The van der Waals surface area contributed by atoms with Crippen molar-refractivity contribution in [3.05, 3.63) is 188 Å². The first-order chi connectivity index (χ1) is 25.3. The molecule has 8 aromatic carbocycles. The van der Waals surface area contributed by atoms with E-state index < -0.39 is 0 Å². The molecule has 0 unspecified atom stereocenters. The van der Waals surface area contributed by atoms with Gasteiger partial charge in [-0.05, 0) is 69.1 Å². The van der Waals surface area contributed by atoms with Crippen LogP contribution in [-0.4, -0.2) is 14.5 Å². The van der Waals surface area contributed by atoms with E-state index in [0.29, 0.717) is 0 Å². The number of benzene rings is 8. The fourth-order valence-electron chi connectivity index (χ4n) is 7.47. The average molecular weight is 650 g/mol. The van der Waals surface area contributed by atoms with Crippen molar-refractivity contribution in [1.29, 1.82) is 0 Å². The van der Waals surface area contributed by atoms with Gasteiger partial charge in [-0.3, -0.25) is 0 Å². The first kappa shape index (κ1) is 29.1. The zero-order valence-electron chi connectivity index (χ0n) is 27.7. The third-order valence-corrected chi connectivity index (χ3v) is 10.0. The minimum atomic E-state index is 0.720. The molecule has 51 heavy (non-hydrogen) atoms. The molecule has 0 fully saturated rings. The molecule has 0 spiro atoms. The van der Waals surface area contributed by atoms with E-state index in [1.165, 1.54) is 43.5 Å². The predicted molar refractivity (Wildman–Crippen MR) is 213 cm³/mol. The van der Waals surface area contributed by atoms with Crippen molar-refractivity contribution in [3.8, 4) is 50.7 Å². The van der Waals surface area contributed by atoms with Gasteiger partial charge in [0.25, 0.3) is 0 Å². The summed E-state index contributed by atoms with van der Waals surface area (Å²) in [6.07, 6.45) is 0. The smallest absolute Gasteiger partial charge is 0.161 e. The van der Waals surface area contributed by atoms with Gasteiger partial charge in [0.2, 0.25) is 0 Å². The van der Waals surface area contributed by atoms with Crippen LogP contribution in [-0.2, 0) is 0 Å². The number of nitrogens with zero attached hydrogens (tertiary/aromatic N) is 3. The van der Waals surface area contributed by atoms with Crippen molar-refractivity contribution >= 4 is 43.4 Å². The van der Waals surface area contributed by atoms with Gasteiger partial charge in [-0.1, -0.05) is 152 Å². The van der Waals surface area contributed by atoms with Crippen LogP contribution in [0.3, 0.4) is 0 Å². The molecule has 2 aromatic heterocycles. The SMILES string of the molecule is c1ccc2cc(-c3cc(-c4ccc(-c5ccc(-n6c7ccccc7c7ccccc76)cc5)cc4)nc(-c4cccc5ccccc45)n3)ccc2c1. The summed E-state index contributed by atoms with van der Waals surface area (Å²) < 4.78 is 2.35. The maximum atomic E-state index is 5.19. The maximum absolute atomic E-state index is 5.19. The fourth-order valence-corrected chi connectivity index (χ4v) is 7.47. The molecule has 0 aliphatic heterocycles. The summed E-state index contributed by atoms with van der Waals surface area (Å²) in [6, 6.07) is 66.8. The number of para-hydroxylation sites is 2. The van der Waals surface area contributed by atoms with Gasteiger partial charge in [0.05, 0.1) is 22.4 Å². The molecule has 10 aromatic rings. The van der Waals surface area contributed by atoms with Crippen molar-refractivity contribution in [1.82, 2.24) is 14.5 Å². The third-order valence-electron chi connectivity index (χ3n) is 10.0. The molecule has 0 aliphatic carbocycles. The second kappa shape index (κ2) is 11.9. The molecular formula is C48H31N3. The number of rotatable bonds is 5. The minimum Gasteiger partial charge on any atom is -0.309 e. The van der Waals surface area contributed by atoms with Crippen LogP contribution in [0.2, 0.25) is 0 Å². The first-order valence-electron chi connectivity index (χ1n) is 17.3. The van der Waals surface area contributed by atoms with Crippen LogP contribution in [0.15, 0.2) is 188 Å². The summed E-state index contributed by atoms with van der Waals surface area (Å²) in [5.74, 6) is 0.720. The van der Waals surface area contributed by atoms with Crippen molar-refractivity contribution < 1.29 is 0 Å². The monoisotopic (exact) mass is 649 g/mol. The molecule has 0 aliphatic rings. The average Bonchev–Trinajstić information content (AvgIpc) is 3.55. The Morgan fingerprint density at radius 2 is 0.843 bits per heavy atom. The van der Waals surface area contributed by atoms with E-state index in [9.17, 15) is 0 Å². The zero-order chi connectivity index (χ0) is 33.7. The first-order valence-corrected chi connectivity index (χ1v) is 17.3. The normalized spacial score (nSPS) is 11.5.